The fourth-order valence-electron chi connectivity index (χ4n) is 6.63. The molecule has 0 unspecified atom stereocenters. The zero-order chi connectivity index (χ0) is 50.6. The summed E-state index contributed by atoms with van der Waals surface area (Å²) < 4.78 is 87.6. The van der Waals surface area contributed by atoms with Gasteiger partial charge in [-0.1, -0.05) is 122 Å². The minimum atomic E-state index is -2.64. The molecular formula is C53H55IrN5O-2. The van der Waals surface area contributed by atoms with Crippen molar-refractivity contribution in [3.05, 3.63) is 149 Å². The van der Waals surface area contributed by atoms with Crippen LogP contribution >= 0.6 is 0 Å². The van der Waals surface area contributed by atoms with E-state index in [1.807, 2.05) is 63.2 Å². The Morgan fingerprint density at radius 3 is 2.05 bits per heavy atom. The summed E-state index contributed by atoms with van der Waals surface area (Å²) in [4.78, 5) is 23.2. The van der Waals surface area contributed by atoms with Crippen molar-refractivity contribution in [1.82, 2.24) is 24.9 Å². The maximum atomic E-state index is 9.05. The normalized spacial score (nSPS) is 15.0. The van der Waals surface area contributed by atoms with Gasteiger partial charge in [-0.25, -0.2) is 15.0 Å². The van der Waals surface area contributed by atoms with Gasteiger partial charge in [-0.3, -0.25) is 0 Å². The van der Waals surface area contributed by atoms with Crippen molar-refractivity contribution < 1.29 is 38.2 Å². The number of rotatable bonds is 5. The number of hydrogen-bond acceptors (Lipinski definition) is 6. The fraction of sp³-hybridized carbons (Fsp3) is 0.302. The molecule has 60 heavy (non-hydrogen) atoms. The van der Waals surface area contributed by atoms with E-state index in [0.29, 0.717) is 51.9 Å². The van der Waals surface area contributed by atoms with Crippen LogP contribution in [0.15, 0.2) is 108 Å². The van der Waals surface area contributed by atoms with E-state index >= 15 is 0 Å². The Kier molecular flexibility index (Phi) is 9.36. The van der Waals surface area contributed by atoms with Crippen molar-refractivity contribution in [2.24, 2.45) is 5.41 Å². The summed E-state index contributed by atoms with van der Waals surface area (Å²) in [6, 6.07) is 31.2. The Labute approximate surface area is 383 Å². The standard InChI is InChI=1S/C41H45N4O.C12H10N.Ir/c1-24-19-26(22-39(3,4)5)15-17-28(24)32-21-33(42-23-25(32)2)31-14-12-13-30-29-18-16-27(20-34(29)46-35(30)31)36-43-37(40(6,7)8)45-38(44-36)41(9,10)11;1-10-7-8-12(13-9-10)11-5-3-2-4-6-11;/h12-13,15-21,23H,22H2,1-11H3;2-5,7-9H,1H3;/q2*-1;/i1D3,2D3,17D;1D3;. The third-order valence-electron chi connectivity index (χ3n) is 9.58. The van der Waals surface area contributed by atoms with Gasteiger partial charge in [0.05, 0.1) is 6.95 Å². The van der Waals surface area contributed by atoms with E-state index < -0.39 is 20.6 Å². The number of aromatic nitrogens is 5. The minimum Gasteiger partial charge on any atom is -0.501 e. The van der Waals surface area contributed by atoms with Crippen LogP contribution in [0.3, 0.4) is 0 Å². The van der Waals surface area contributed by atoms with E-state index in [0.717, 1.165) is 27.6 Å². The first kappa shape index (κ1) is 32.4. The van der Waals surface area contributed by atoms with E-state index in [2.05, 4.69) is 63.6 Å². The molecule has 0 saturated carbocycles. The largest absolute Gasteiger partial charge is 0.501 e. The molecule has 1 radical (unpaired) electrons. The molecule has 7 heteroatoms. The van der Waals surface area contributed by atoms with E-state index in [-0.39, 0.29) is 70.2 Å². The number of furan rings is 1. The van der Waals surface area contributed by atoms with Gasteiger partial charge in [-0.15, -0.1) is 54.1 Å². The summed E-state index contributed by atoms with van der Waals surface area (Å²) in [5.41, 5.74) is 4.33. The van der Waals surface area contributed by atoms with Crippen LogP contribution in [0.25, 0.3) is 67.0 Å². The Bertz CT molecular complexity index is 3130. The van der Waals surface area contributed by atoms with Gasteiger partial charge < -0.3 is 14.4 Å². The Balaban J connectivity index is 0.000000399. The van der Waals surface area contributed by atoms with Crippen LogP contribution in [-0.2, 0) is 37.4 Å². The molecule has 8 aromatic rings. The van der Waals surface area contributed by atoms with Crippen molar-refractivity contribution in [3.8, 4) is 45.0 Å². The summed E-state index contributed by atoms with van der Waals surface area (Å²) >= 11 is 0. The Morgan fingerprint density at radius 1 is 0.667 bits per heavy atom. The first-order chi connectivity index (χ1) is 31.9. The minimum absolute atomic E-state index is 0. The Hall–Kier alpha value is -5.36. The number of fused-ring (bicyclic) bond motifs is 3. The summed E-state index contributed by atoms with van der Waals surface area (Å²) in [6.45, 7) is 11.2. The molecule has 0 aliphatic rings. The summed E-state index contributed by atoms with van der Waals surface area (Å²) in [5.74, 6) is 1.93. The predicted molar refractivity (Wildman–Crippen MR) is 243 cm³/mol. The maximum Gasteiger partial charge on any atom is 0.163 e. The molecule has 0 bridgehead atoms. The van der Waals surface area contributed by atoms with Crippen LogP contribution in [0, 0.1) is 38.1 Å². The van der Waals surface area contributed by atoms with Gasteiger partial charge in [-0.05, 0) is 83.2 Å². The van der Waals surface area contributed by atoms with E-state index in [1.54, 1.807) is 42.5 Å². The maximum absolute atomic E-state index is 9.05. The van der Waals surface area contributed by atoms with Crippen LogP contribution in [0.5, 0.6) is 0 Å². The van der Waals surface area contributed by atoms with Crippen molar-refractivity contribution in [2.45, 2.75) is 100 Å². The molecule has 0 amide bonds. The Morgan fingerprint density at radius 2 is 1.42 bits per heavy atom. The van der Waals surface area contributed by atoms with Crippen LogP contribution in [0.4, 0.5) is 0 Å². The molecule has 0 aliphatic heterocycles. The molecule has 4 aromatic carbocycles. The summed E-state index contributed by atoms with van der Waals surface area (Å²) in [6.07, 6.45) is 3.18. The molecule has 4 aromatic heterocycles. The third-order valence-corrected chi connectivity index (χ3v) is 9.58. The second-order valence-corrected chi connectivity index (χ2v) is 18.1. The topological polar surface area (TPSA) is 77.6 Å². The number of aryl methyl sites for hydroxylation is 3. The molecule has 0 spiro atoms. The van der Waals surface area contributed by atoms with Crippen molar-refractivity contribution >= 4 is 21.9 Å². The van der Waals surface area contributed by atoms with Crippen LogP contribution in [0.2, 0.25) is 0 Å². The van der Waals surface area contributed by atoms with E-state index in [1.165, 1.54) is 12.4 Å². The van der Waals surface area contributed by atoms with Crippen molar-refractivity contribution in [2.75, 3.05) is 0 Å². The first-order valence-corrected chi connectivity index (χ1v) is 19.6. The molecule has 0 aliphatic carbocycles. The molecule has 0 fully saturated rings. The van der Waals surface area contributed by atoms with E-state index in [4.69, 9.17) is 33.1 Å². The number of hydrogen-bond donors (Lipinski definition) is 0. The predicted octanol–water partition coefficient (Wildman–Crippen LogP) is 13.6. The van der Waals surface area contributed by atoms with Gasteiger partial charge in [0.1, 0.15) is 17.2 Å². The van der Waals surface area contributed by atoms with E-state index in [9.17, 15) is 0 Å². The monoisotopic (exact) mass is 980 g/mol. The summed E-state index contributed by atoms with van der Waals surface area (Å²) in [7, 11) is 0. The van der Waals surface area contributed by atoms with Crippen molar-refractivity contribution in [3.63, 3.8) is 0 Å². The van der Waals surface area contributed by atoms with Crippen LogP contribution in [0.1, 0.15) is 110 Å². The molecule has 4 heterocycles. The molecule has 8 rings (SSSR count). The molecule has 0 atom stereocenters. The molecular weight excluding hydrogens is 915 g/mol. The van der Waals surface area contributed by atoms with Gasteiger partial charge in [0.2, 0.25) is 0 Å². The van der Waals surface area contributed by atoms with Gasteiger partial charge in [-0.2, -0.15) is 0 Å². The number of pyridine rings is 2. The average molecular weight is 980 g/mol. The smallest absolute Gasteiger partial charge is 0.163 e. The fourth-order valence-corrected chi connectivity index (χ4v) is 6.63. The second kappa shape index (κ2) is 17.3. The number of nitrogens with zero attached hydrogens (tertiary/aromatic N) is 5. The second-order valence-electron chi connectivity index (χ2n) is 18.1. The quantitative estimate of drug-likeness (QED) is 0.160. The van der Waals surface area contributed by atoms with Gasteiger partial charge in [0.15, 0.2) is 5.82 Å². The number of benzene rings is 4. The summed E-state index contributed by atoms with van der Waals surface area (Å²) in [5, 5.41) is 1.63. The van der Waals surface area contributed by atoms with Crippen LogP contribution < -0.4 is 0 Å². The van der Waals surface area contributed by atoms with Gasteiger partial charge in [0.25, 0.3) is 0 Å². The third kappa shape index (κ3) is 9.97. The molecule has 6 nitrogen and oxygen atoms in total. The van der Waals surface area contributed by atoms with Crippen LogP contribution in [-0.4, -0.2) is 24.9 Å². The van der Waals surface area contributed by atoms with Gasteiger partial charge >= 0.3 is 0 Å². The zero-order valence-electron chi connectivity index (χ0n) is 45.4. The molecule has 0 saturated heterocycles. The molecule has 309 valence electrons. The molecule has 0 N–H and O–H groups in total. The average Bonchev–Trinajstić information content (AvgIpc) is 3.63. The first-order valence-electron chi connectivity index (χ1n) is 24.6. The SMILES string of the molecule is [2H]C([2H])([2H])c1ccc(-c2[c-]cccc2)nc1.[2H]c1cc(CC(C)(C)C)cc(C([2H])([2H])[2H])c1-c1cc(-c2[c-]ccc3c2oc2cc(-c4nc(C(C)(C)C)nc(C(C)(C)C)n4)ccc23)ncc1C([2H])([2H])[2H].[Ir]. The van der Waals surface area contributed by atoms with Crippen molar-refractivity contribution in [1.29, 1.82) is 0 Å². The van der Waals surface area contributed by atoms with Gasteiger partial charge in [0, 0.05) is 66.6 Å². The zero-order valence-corrected chi connectivity index (χ0v) is 37.8.